The van der Waals surface area contributed by atoms with E-state index in [0.29, 0.717) is 16.8 Å². The van der Waals surface area contributed by atoms with E-state index < -0.39 is 10.9 Å². The van der Waals surface area contributed by atoms with E-state index in [9.17, 15) is 19.7 Å². The van der Waals surface area contributed by atoms with Gasteiger partial charge < -0.3 is 4.74 Å². The minimum Gasteiger partial charge on any atom is -0.402 e. The maximum Gasteiger partial charge on any atom is 0.363 e. The first-order valence-corrected chi connectivity index (χ1v) is 8.86. The smallest absolute Gasteiger partial charge is 0.363 e. The molecule has 30 heavy (non-hydrogen) atoms. The SMILES string of the molecule is CC(=O)n1cc(/C=C2\N=C(c3ccc([N+](=O)[O-])cc3)OC2=O)c(-c2ccccc2)n1. The Balaban J connectivity index is 1.73. The van der Waals surface area contributed by atoms with Crippen molar-refractivity contribution in [3.05, 3.63) is 87.7 Å². The van der Waals surface area contributed by atoms with Gasteiger partial charge in [0.15, 0.2) is 5.70 Å². The van der Waals surface area contributed by atoms with E-state index in [1.807, 2.05) is 30.3 Å². The molecule has 0 saturated heterocycles. The molecule has 9 nitrogen and oxygen atoms in total. The number of nitrogens with zero attached hydrogens (tertiary/aromatic N) is 4. The van der Waals surface area contributed by atoms with Gasteiger partial charge in [-0.15, -0.1) is 0 Å². The third-order valence-corrected chi connectivity index (χ3v) is 4.35. The molecule has 0 saturated carbocycles. The van der Waals surface area contributed by atoms with Crippen LogP contribution < -0.4 is 0 Å². The Bertz CT molecular complexity index is 1220. The highest BCUT2D eigenvalue weighted by molar-refractivity contribution is 6.13. The van der Waals surface area contributed by atoms with Crippen LogP contribution in [0.25, 0.3) is 17.3 Å². The largest absolute Gasteiger partial charge is 0.402 e. The summed E-state index contributed by atoms with van der Waals surface area (Å²) in [7, 11) is 0. The van der Waals surface area contributed by atoms with Crippen molar-refractivity contribution in [2.75, 3.05) is 0 Å². The van der Waals surface area contributed by atoms with Crippen LogP contribution in [-0.2, 0) is 9.53 Å². The fourth-order valence-corrected chi connectivity index (χ4v) is 2.88. The molecule has 0 N–H and O–H groups in total. The Morgan fingerprint density at radius 2 is 1.80 bits per heavy atom. The predicted octanol–water partition coefficient (Wildman–Crippen LogP) is 3.46. The van der Waals surface area contributed by atoms with Crippen LogP contribution in [0, 0.1) is 10.1 Å². The van der Waals surface area contributed by atoms with Crippen molar-refractivity contribution in [1.29, 1.82) is 0 Å². The van der Waals surface area contributed by atoms with E-state index >= 15 is 0 Å². The lowest BCUT2D eigenvalue weighted by Gasteiger charge is -1.98. The van der Waals surface area contributed by atoms with Crippen LogP contribution in [0.5, 0.6) is 0 Å². The lowest BCUT2D eigenvalue weighted by atomic mass is 10.1. The number of carbonyl (C=O) groups is 2. The Hall–Kier alpha value is -4.40. The number of hydrogen-bond donors (Lipinski definition) is 0. The van der Waals surface area contributed by atoms with Gasteiger partial charge in [0.2, 0.25) is 11.8 Å². The number of aliphatic imine (C=N–C) groups is 1. The molecule has 0 fully saturated rings. The lowest BCUT2D eigenvalue weighted by molar-refractivity contribution is -0.384. The molecule has 0 atom stereocenters. The normalized spacial score (nSPS) is 14.5. The maximum atomic E-state index is 12.3. The number of cyclic esters (lactones) is 1. The van der Waals surface area contributed by atoms with Crippen LogP contribution >= 0.6 is 0 Å². The van der Waals surface area contributed by atoms with Crippen LogP contribution in [0.15, 0.2) is 71.5 Å². The predicted molar refractivity (Wildman–Crippen MR) is 108 cm³/mol. The van der Waals surface area contributed by atoms with Gasteiger partial charge in [-0.05, 0) is 18.2 Å². The fraction of sp³-hybridized carbons (Fsp3) is 0.0476. The monoisotopic (exact) mass is 402 g/mol. The van der Waals surface area contributed by atoms with Crippen LogP contribution in [0.4, 0.5) is 5.69 Å². The molecule has 2 heterocycles. The van der Waals surface area contributed by atoms with Crippen LogP contribution in [0.1, 0.15) is 22.8 Å². The van der Waals surface area contributed by atoms with E-state index in [4.69, 9.17) is 4.74 Å². The molecule has 148 valence electrons. The highest BCUT2D eigenvalue weighted by Gasteiger charge is 2.25. The summed E-state index contributed by atoms with van der Waals surface area (Å²) >= 11 is 0. The fourth-order valence-electron chi connectivity index (χ4n) is 2.88. The first-order valence-electron chi connectivity index (χ1n) is 8.86. The standard InChI is InChI=1S/C21H14N4O5/c1-13(26)24-12-16(19(23-24)14-5-3-2-4-6-14)11-18-21(27)30-20(22-18)15-7-9-17(10-8-15)25(28)29/h2-12H,1H3/b18-11-. The molecule has 0 spiro atoms. The second-order valence-electron chi connectivity index (χ2n) is 6.40. The number of nitro groups is 1. The highest BCUT2D eigenvalue weighted by atomic mass is 16.6. The second-order valence-corrected chi connectivity index (χ2v) is 6.40. The molecule has 0 radical (unpaired) electrons. The van der Waals surface area contributed by atoms with Gasteiger partial charge in [-0.1, -0.05) is 30.3 Å². The molecule has 4 rings (SSSR count). The summed E-state index contributed by atoms with van der Waals surface area (Å²) in [6, 6.07) is 14.7. The van der Waals surface area contributed by atoms with Crippen molar-refractivity contribution in [1.82, 2.24) is 9.78 Å². The summed E-state index contributed by atoms with van der Waals surface area (Å²) in [5, 5.41) is 15.1. The molecule has 0 aliphatic carbocycles. The lowest BCUT2D eigenvalue weighted by Crippen LogP contribution is -2.05. The summed E-state index contributed by atoms with van der Waals surface area (Å²) in [4.78, 5) is 38.6. The number of ether oxygens (including phenoxy) is 1. The first-order chi connectivity index (χ1) is 14.4. The molecule has 2 aromatic carbocycles. The van der Waals surface area contributed by atoms with Gasteiger partial charge in [-0.25, -0.2) is 14.5 Å². The number of benzene rings is 2. The number of hydrogen-bond acceptors (Lipinski definition) is 7. The average Bonchev–Trinajstić information content (AvgIpc) is 3.33. The highest BCUT2D eigenvalue weighted by Crippen LogP contribution is 2.26. The topological polar surface area (TPSA) is 117 Å². The molecule has 0 unspecified atom stereocenters. The zero-order valence-electron chi connectivity index (χ0n) is 15.7. The molecule has 3 aromatic rings. The molecule has 0 amide bonds. The van der Waals surface area contributed by atoms with Gasteiger partial charge in [0, 0.05) is 41.9 Å². The van der Waals surface area contributed by atoms with Crippen molar-refractivity contribution >= 4 is 29.5 Å². The Labute approximate surface area is 170 Å². The van der Waals surface area contributed by atoms with Gasteiger partial charge in [0.05, 0.1) is 4.92 Å². The molecule has 1 aliphatic rings. The van der Waals surface area contributed by atoms with Crippen molar-refractivity contribution in [2.45, 2.75) is 6.92 Å². The Morgan fingerprint density at radius 3 is 2.43 bits per heavy atom. The Morgan fingerprint density at radius 1 is 1.10 bits per heavy atom. The van der Waals surface area contributed by atoms with Crippen molar-refractivity contribution in [3.8, 4) is 11.3 Å². The number of non-ortho nitro benzene ring substituents is 1. The van der Waals surface area contributed by atoms with Gasteiger partial charge in [-0.3, -0.25) is 14.9 Å². The number of rotatable bonds is 4. The molecule has 1 aromatic heterocycles. The molecule has 1 aliphatic heterocycles. The zero-order valence-corrected chi connectivity index (χ0v) is 15.7. The second kappa shape index (κ2) is 7.55. The average molecular weight is 402 g/mol. The quantitative estimate of drug-likeness (QED) is 0.285. The van der Waals surface area contributed by atoms with Crippen LogP contribution in [0.3, 0.4) is 0 Å². The van der Waals surface area contributed by atoms with Crippen LogP contribution in [0.2, 0.25) is 0 Å². The number of nitro benzene ring substituents is 1. The van der Waals surface area contributed by atoms with Gasteiger partial charge in [0.25, 0.3) is 5.69 Å². The van der Waals surface area contributed by atoms with E-state index in [1.54, 1.807) is 0 Å². The molecular weight excluding hydrogens is 388 g/mol. The molecule has 9 heteroatoms. The van der Waals surface area contributed by atoms with Crippen molar-refractivity contribution < 1.29 is 19.2 Å². The maximum absolute atomic E-state index is 12.3. The summed E-state index contributed by atoms with van der Waals surface area (Å²) < 4.78 is 6.40. The van der Waals surface area contributed by atoms with Crippen molar-refractivity contribution in [3.63, 3.8) is 0 Å². The third-order valence-electron chi connectivity index (χ3n) is 4.35. The summed E-state index contributed by atoms with van der Waals surface area (Å²) in [5.41, 5.74) is 2.20. The number of carbonyl (C=O) groups excluding carboxylic acids is 2. The summed E-state index contributed by atoms with van der Waals surface area (Å²) in [5.74, 6) is -0.903. The van der Waals surface area contributed by atoms with Gasteiger partial charge >= 0.3 is 5.97 Å². The summed E-state index contributed by atoms with van der Waals surface area (Å²) in [6.45, 7) is 1.38. The number of aromatic nitrogens is 2. The van der Waals surface area contributed by atoms with Gasteiger partial charge in [0.1, 0.15) is 5.69 Å². The third kappa shape index (κ3) is 3.63. The van der Waals surface area contributed by atoms with Crippen LogP contribution in [-0.4, -0.2) is 32.5 Å². The Kier molecular flexibility index (Phi) is 4.77. The van der Waals surface area contributed by atoms with E-state index in [-0.39, 0.29) is 23.2 Å². The zero-order chi connectivity index (χ0) is 21.3. The number of esters is 1. The van der Waals surface area contributed by atoms with E-state index in [1.165, 1.54) is 48.1 Å². The first kappa shape index (κ1) is 18.9. The molecular formula is C21H14N4O5. The molecule has 0 bridgehead atoms. The van der Waals surface area contributed by atoms with Crippen molar-refractivity contribution in [2.24, 2.45) is 4.99 Å². The summed E-state index contributed by atoms with van der Waals surface area (Å²) in [6.07, 6.45) is 3.01. The van der Waals surface area contributed by atoms with E-state index in [2.05, 4.69) is 10.1 Å². The van der Waals surface area contributed by atoms with E-state index in [0.717, 1.165) is 5.56 Å². The minimum absolute atomic E-state index is 0.0311. The minimum atomic E-state index is -0.669. The van der Waals surface area contributed by atoms with Gasteiger partial charge in [-0.2, -0.15) is 5.10 Å².